The van der Waals surface area contributed by atoms with Crippen molar-refractivity contribution in [3.05, 3.63) is 54.6 Å². The molecule has 0 fully saturated rings. The van der Waals surface area contributed by atoms with Gasteiger partial charge in [0.15, 0.2) is 5.65 Å². The number of nitrogens with zero attached hydrogens (tertiary/aromatic N) is 4. The molecule has 7 nitrogen and oxygen atoms in total. The van der Waals surface area contributed by atoms with Crippen LogP contribution in [0.1, 0.15) is 5.69 Å². The van der Waals surface area contributed by atoms with Crippen LogP contribution < -0.4 is 10.6 Å². The van der Waals surface area contributed by atoms with Crippen LogP contribution in [0.3, 0.4) is 0 Å². The second-order valence-electron chi connectivity index (χ2n) is 5.67. The van der Waals surface area contributed by atoms with Crippen molar-refractivity contribution in [1.82, 2.24) is 24.9 Å². The second-order valence-corrected chi connectivity index (χ2v) is 5.67. The Labute approximate surface area is 144 Å². The number of aryl methyl sites for hydroxylation is 1. The fourth-order valence-corrected chi connectivity index (χ4v) is 2.57. The molecule has 3 N–H and O–H groups in total. The van der Waals surface area contributed by atoms with Gasteiger partial charge in [-0.15, -0.1) is 0 Å². The summed E-state index contributed by atoms with van der Waals surface area (Å²) in [5, 5.41) is 6.32. The maximum absolute atomic E-state index is 4.63. The molecule has 0 saturated carbocycles. The van der Waals surface area contributed by atoms with Crippen molar-refractivity contribution in [2.24, 2.45) is 0 Å². The molecule has 0 unspecified atom stereocenters. The Morgan fingerprint density at radius 2 is 1.88 bits per heavy atom. The van der Waals surface area contributed by atoms with Crippen LogP contribution in [0, 0.1) is 6.92 Å². The van der Waals surface area contributed by atoms with Crippen molar-refractivity contribution in [3.63, 3.8) is 0 Å². The van der Waals surface area contributed by atoms with Gasteiger partial charge in [0.25, 0.3) is 0 Å². The van der Waals surface area contributed by atoms with E-state index in [9.17, 15) is 0 Å². The minimum absolute atomic E-state index is 0.740. The topological polar surface area (TPSA) is 91.4 Å². The van der Waals surface area contributed by atoms with Crippen LogP contribution in [0.15, 0.2) is 48.9 Å². The van der Waals surface area contributed by atoms with E-state index >= 15 is 0 Å². The molecule has 0 aliphatic carbocycles. The number of hydrogen-bond donors (Lipinski definition) is 3. The minimum atomic E-state index is 0.740. The molecule has 0 saturated heterocycles. The first-order valence-corrected chi connectivity index (χ1v) is 7.91. The van der Waals surface area contributed by atoms with Crippen LogP contribution in [-0.2, 0) is 0 Å². The van der Waals surface area contributed by atoms with Crippen LogP contribution in [0.25, 0.3) is 22.6 Å². The van der Waals surface area contributed by atoms with Crippen molar-refractivity contribution in [1.29, 1.82) is 0 Å². The summed E-state index contributed by atoms with van der Waals surface area (Å²) >= 11 is 0. The molecule has 0 bridgehead atoms. The Morgan fingerprint density at radius 1 is 0.960 bits per heavy atom. The number of H-pyrrole nitrogens is 1. The highest BCUT2D eigenvalue weighted by molar-refractivity contribution is 5.80. The number of hydrogen-bond acceptors (Lipinski definition) is 6. The predicted octanol–water partition coefficient (Wildman–Crippen LogP) is 3.51. The summed E-state index contributed by atoms with van der Waals surface area (Å²) in [6.45, 7) is 1.96. The molecule has 7 heteroatoms. The van der Waals surface area contributed by atoms with Gasteiger partial charge in [-0.1, -0.05) is 0 Å². The summed E-state index contributed by atoms with van der Waals surface area (Å²) in [7, 11) is 1.84. The molecule has 4 aromatic heterocycles. The number of aromatic amines is 1. The molecule has 0 amide bonds. The molecule has 25 heavy (non-hydrogen) atoms. The zero-order valence-corrected chi connectivity index (χ0v) is 13.9. The highest BCUT2D eigenvalue weighted by Crippen LogP contribution is 2.23. The van der Waals surface area contributed by atoms with Gasteiger partial charge in [0, 0.05) is 36.4 Å². The van der Waals surface area contributed by atoms with E-state index in [1.54, 1.807) is 18.6 Å². The smallest absolute Gasteiger partial charge is 0.157 e. The number of fused-ring (bicyclic) bond motifs is 1. The van der Waals surface area contributed by atoms with E-state index in [1.807, 2.05) is 44.3 Å². The molecule has 124 valence electrons. The highest BCUT2D eigenvalue weighted by Gasteiger charge is 2.08. The van der Waals surface area contributed by atoms with Crippen LogP contribution in [0.4, 0.5) is 17.2 Å². The molecule has 4 aromatic rings. The SMILES string of the molecule is CNc1ccc(-c2nc3cc(Nc4ccnc(C)c4)cnc3[nH]2)cn1. The van der Waals surface area contributed by atoms with Crippen LogP contribution in [0.2, 0.25) is 0 Å². The van der Waals surface area contributed by atoms with E-state index in [1.165, 1.54) is 0 Å². The lowest BCUT2D eigenvalue weighted by Gasteiger charge is -2.05. The van der Waals surface area contributed by atoms with E-state index in [0.29, 0.717) is 0 Å². The Balaban J connectivity index is 1.64. The van der Waals surface area contributed by atoms with Gasteiger partial charge in [0.2, 0.25) is 0 Å². The van der Waals surface area contributed by atoms with Crippen LogP contribution in [0.5, 0.6) is 0 Å². The van der Waals surface area contributed by atoms with Gasteiger partial charge in [0.1, 0.15) is 17.2 Å². The lowest BCUT2D eigenvalue weighted by molar-refractivity contribution is 1.20. The highest BCUT2D eigenvalue weighted by atomic mass is 15.0. The summed E-state index contributed by atoms with van der Waals surface area (Å²) in [5.41, 5.74) is 5.25. The third-order valence-electron chi connectivity index (χ3n) is 3.82. The maximum Gasteiger partial charge on any atom is 0.157 e. The molecular weight excluding hydrogens is 314 g/mol. The summed E-state index contributed by atoms with van der Waals surface area (Å²) in [5.74, 6) is 1.56. The predicted molar refractivity (Wildman–Crippen MR) is 98.9 cm³/mol. The summed E-state index contributed by atoms with van der Waals surface area (Å²) in [6.07, 6.45) is 5.34. The third-order valence-corrected chi connectivity index (χ3v) is 3.82. The summed E-state index contributed by atoms with van der Waals surface area (Å²) < 4.78 is 0. The van der Waals surface area contributed by atoms with Crippen molar-refractivity contribution in [3.8, 4) is 11.4 Å². The monoisotopic (exact) mass is 331 g/mol. The molecule has 4 heterocycles. The van der Waals surface area contributed by atoms with Crippen molar-refractivity contribution >= 4 is 28.4 Å². The zero-order valence-electron chi connectivity index (χ0n) is 13.9. The Bertz CT molecular complexity index is 1020. The first-order valence-electron chi connectivity index (χ1n) is 7.91. The molecule has 0 spiro atoms. The average Bonchev–Trinajstić information content (AvgIpc) is 3.05. The zero-order chi connectivity index (χ0) is 17.2. The first kappa shape index (κ1) is 15.1. The normalized spacial score (nSPS) is 10.8. The van der Waals surface area contributed by atoms with Crippen LogP contribution in [-0.4, -0.2) is 32.0 Å². The Hall–Kier alpha value is -3.48. The number of anilines is 3. The number of imidazole rings is 1. The van der Waals surface area contributed by atoms with Gasteiger partial charge < -0.3 is 15.6 Å². The molecule has 4 rings (SSSR count). The average molecular weight is 331 g/mol. The Kier molecular flexibility index (Phi) is 3.74. The number of nitrogens with one attached hydrogen (secondary N) is 3. The number of aromatic nitrogens is 5. The van der Waals surface area contributed by atoms with E-state index in [0.717, 1.165) is 45.4 Å². The minimum Gasteiger partial charge on any atom is -0.373 e. The largest absolute Gasteiger partial charge is 0.373 e. The van der Waals surface area contributed by atoms with Gasteiger partial charge in [0.05, 0.1) is 11.9 Å². The second kappa shape index (κ2) is 6.20. The molecule has 0 aliphatic heterocycles. The molecular formula is C18H17N7. The fraction of sp³-hybridized carbons (Fsp3) is 0.111. The first-order chi connectivity index (χ1) is 12.2. The van der Waals surface area contributed by atoms with Crippen molar-refractivity contribution in [2.45, 2.75) is 6.92 Å². The lowest BCUT2D eigenvalue weighted by Crippen LogP contribution is -1.92. The number of rotatable bonds is 4. The fourth-order valence-electron chi connectivity index (χ4n) is 2.57. The molecule has 0 radical (unpaired) electrons. The lowest BCUT2D eigenvalue weighted by atomic mass is 10.3. The van der Waals surface area contributed by atoms with Gasteiger partial charge in [-0.05, 0) is 37.3 Å². The Morgan fingerprint density at radius 3 is 2.64 bits per heavy atom. The van der Waals surface area contributed by atoms with E-state index < -0.39 is 0 Å². The van der Waals surface area contributed by atoms with Crippen LogP contribution >= 0.6 is 0 Å². The van der Waals surface area contributed by atoms with Gasteiger partial charge in [-0.3, -0.25) is 4.98 Å². The van der Waals surface area contributed by atoms with E-state index in [2.05, 4.69) is 35.6 Å². The standard InChI is InChI=1S/C18H17N7/c1-11-7-13(5-6-20-11)23-14-8-15-18(22-10-14)25-17(24-15)12-3-4-16(19-2)21-9-12/h3-10H,1-2H3,(H,19,21)(H,20,23)(H,22,24,25). The van der Waals surface area contributed by atoms with E-state index in [4.69, 9.17) is 0 Å². The summed E-state index contributed by atoms with van der Waals surface area (Å²) in [4.78, 5) is 20.8. The third kappa shape index (κ3) is 3.12. The van der Waals surface area contributed by atoms with Crippen molar-refractivity contribution in [2.75, 3.05) is 17.7 Å². The number of pyridine rings is 3. The molecule has 0 atom stereocenters. The maximum atomic E-state index is 4.63. The van der Waals surface area contributed by atoms with Gasteiger partial charge >= 0.3 is 0 Å². The van der Waals surface area contributed by atoms with E-state index in [-0.39, 0.29) is 0 Å². The van der Waals surface area contributed by atoms with Gasteiger partial charge in [-0.2, -0.15) is 0 Å². The summed E-state index contributed by atoms with van der Waals surface area (Å²) in [6, 6.07) is 9.75. The molecule has 0 aliphatic rings. The molecule has 0 aromatic carbocycles. The van der Waals surface area contributed by atoms with Gasteiger partial charge in [-0.25, -0.2) is 15.0 Å². The quantitative estimate of drug-likeness (QED) is 0.530. The van der Waals surface area contributed by atoms with Crippen molar-refractivity contribution < 1.29 is 0 Å².